The molecule has 0 spiro atoms. The van der Waals surface area contributed by atoms with Gasteiger partial charge in [0.25, 0.3) is 0 Å². The normalized spacial score (nSPS) is 29.9. The van der Waals surface area contributed by atoms with Crippen LogP contribution in [0, 0.1) is 17.7 Å². The number of aliphatic hydroxyl groups is 1. The van der Waals surface area contributed by atoms with Crippen LogP contribution in [-0.2, 0) is 6.54 Å². The number of fused-ring (bicyclic) bond motifs is 1. The molecular weight excluding hydrogens is 391 g/mol. The maximum atomic E-state index is 15.1. The number of rotatable bonds is 5. The molecule has 3 heterocycles. The highest BCUT2D eigenvalue weighted by Gasteiger charge is 2.43. The number of ether oxygens (including phenoxy) is 1. The largest absolute Gasteiger partial charge is 0.485 e. The van der Waals surface area contributed by atoms with Crippen molar-refractivity contribution in [3.8, 4) is 5.75 Å². The number of hydrogen-bond donors (Lipinski definition) is 1. The molecule has 0 bridgehead atoms. The van der Waals surface area contributed by atoms with E-state index in [2.05, 4.69) is 20.0 Å². The lowest BCUT2D eigenvalue weighted by Gasteiger charge is -2.35. The molecule has 2 saturated heterocycles. The topological polar surface area (TPSA) is 61.7 Å². The van der Waals surface area contributed by atoms with Crippen molar-refractivity contribution in [2.75, 3.05) is 31.1 Å². The fraction of sp³-hybridized carbons (Fsp3) is 0.619. The highest BCUT2D eigenvalue weighted by atomic mass is 32.1. The Bertz CT molecular complexity index is 830. The van der Waals surface area contributed by atoms with Gasteiger partial charge < -0.3 is 14.7 Å². The molecule has 3 fully saturated rings. The van der Waals surface area contributed by atoms with Crippen LogP contribution in [0.4, 0.5) is 9.52 Å². The third-order valence-electron chi connectivity index (χ3n) is 6.62. The summed E-state index contributed by atoms with van der Waals surface area (Å²) in [7, 11) is 0. The average Bonchev–Trinajstić information content (AvgIpc) is 3.46. The van der Waals surface area contributed by atoms with E-state index in [0.29, 0.717) is 30.4 Å². The van der Waals surface area contributed by atoms with Crippen molar-refractivity contribution < 1.29 is 14.2 Å². The van der Waals surface area contributed by atoms with Crippen molar-refractivity contribution in [1.29, 1.82) is 0 Å². The van der Waals surface area contributed by atoms with Gasteiger partial charge in [-0.3, -0.25) is 4.90 Å². The van der Waals surface area contributed by atoms with E-state index < -0.39 is 6.10 Å². The summed E-state index contributed by atoms with van der Waals surface area (Å²) < 4.78 is 21.1. The zero-order chi connectivity index (χ0) is 19.8. The molecule has 2 aromatic rings. The van der Waals surface area contributed by atoms with Gasteiger partial charge in [0.1, 0.15) is 11.6 Å². The lowest BCUT2D eigenvalue weighted by atomic mass is 9.78. The summed E-state index contributed by atoms with van der Waals surface area (Å²) in [5.41, 5.74) is 2.42. The number of aromatic nitrogens is 2. The highest BCUT2D eigenvalue weighted by molar-refractivity contribution is 7.13. The second-order valence-electron chi connectivity index (χ2n) is 8.55. The Labute approximate surface area is 174 Å². The third-order valence-corrected chi connectivity index (χ3v) is 7.37. The number of nitrogens with zero attached hydrogens (tertiary/aromatic N) is 4. The summed E-state index contributed by atoms with van der Waals surface area (Å²) in [4.78, 5) is 4.53. The first-order valence-electron chi connectivity index (χ1n) is 10.5. The zero-order valence-corrected chi connectivity index (χ0v) is 17.2. The smallest absolute Gasteiger partial charge is 0.208 e. The standard InChI is InChI=1S/C21H27FN4O2S/c22-20-14(10-25-6-1-2-7-25)4-3-5-18(20)28-19-9-16-12-26(21-24-23-13-29-21)11-15(16)8-17(19)27/h3-5,13,15-17,19,27H,1-2,6-12H2/t15-,16+,17+,19+/m0/s1. The summed E-state index contributed by atoms with van der Waals surface area (Å²) in [5.74, 6) is 0.821. The number of anilines is 1. The van der Waals surface area contributed by atoms with E-state index in [1.807, 2.05) is 12.1 Å². The number of aliphatic hydroxyl groups excluding tert-OH is 1. The SMILES string of the molecule is O[C@@H]1C[C@H]2CN(c3nncs3)C[C@H]2C[C@H]1Oc1cccc(CN2CCCC2)c1F. The van der Waals surface area contributed by atoms with Crippen molar-refractivity contribution >= 4 is 16.5 Å². The van der Waals surface area contributed by atoms with Crippen LogP contribution in [0.1, 0.15) is 31.2 Å². The zero-order valence-electron chi connectivity index (χ0n) is 16.4. The number of hydrogen-bond acceptors (Lipinski definition) is 7. The molecule has 1 aromatic carbocycles. The fourth-order valence-corrected chi connectivity index (χ4v) is 5.67. The fourth-order valence-electron chi connectivity index (χ4n) is 5.09. The summed E-state index contributed by atoms with van der Waals surface area (Å²) in [6, 6.07) is 5.38. The molecule has 1 aromatic heterocycles. The van der Waals surface area contributed by atoms with Gasteiger partial charge in [-0.25, -0.2) is 4.39 Å². The summed E-state index contributed by atoms with van der Waals surface area (Å²) in [6.07, 6.45) is 2.83. The lowest BCUT2D eigenvalue weighted by Crippen LogP contribution is -2.42. The van der Waals surface area contributed by atoms with Gasteiger partial charge >= 0.3 is 0 Å². The predicted octanol–water partition coefficient (Wildman–Crippen LogP) is 2.93. The van der Waals surface area contributed by atoms with E-state index >= 15 is 4.39 Å². The first-order chi connectivity index (χ1) is 14.2. The molecule has 0 unspecified atom stereocenters. The first kappa shape index (κ1) is 19.2. The van der Waals surface area contributed by atoms with Gasteiger partial charge in [0.2, 0.25) is 5.13 Å². The Kier molecular flexibility index (Phi) is 5.41. The molecule has 1 saturated carbocycles. The maximum absolute atomic E-state index is 15.1. The van der Waals surface area contributed by atoms with Crippen LogP contribution >= 0.6 is 11.3 Å². The van der Waals surface area contributed by atoms with E-state index in [1.165, 1.54) is 12.8 Å². The molecule has 0 amide bonds. The van der Waals surface area contributed by atoms with Crippen LogP contribution in [-0.4, -0.2) is 58.6 Å². The quantitative estimate of drug-likeness (QED) is 0.806. The van der Waals surface area contributed by atoms with Crippen LogP contribution in [0.25, 0.3) is 0 Å². The van der Waals surface area contributed by atoms with Gasteiger partial charge in [0, 0.05) is 25.2 Å². The van der Waals surface area contributed by atoms with E-state index in [1.54, 1.807) is 22.9 Å². The Hall–Kier alpha value is -1.77. The molecular formula is C21H27FN4O2S. The van der Waals surface area contributed by atoms with Gasteiger partial charge in [0.15, 0.2) is 11.6 Å². The summed E-state index contributed by atoms with van der Waals surface area (Å²) >= 11 is 1.54. The molecule has 29 heavy (non-hydrogen) atoms. The number of halogens is 1. The highest BCUT2D eigenvalue weighted by Crippen LogP contribution is 2.40. The van der Waals surface area contributed by atoms with Crippen LogP contribution in [0.3, 0.4) is 0 Å². The van der Waals surface area contributed by atoms with Crippen LogP contribution in [0.2, 0.25) is 0 Å². The van der Waals surface area contributed by atoms with Crippen LogP contribution in [0.15, 0.2) is 23.7 Å². The molecule has 0 radical (unpaired) electrons. The summed E-state index contributed by atoms with van der Waals surface area (Å²) in [5, 5.41) is 19.7. The minimum absolute atomic E-state index is 0.267. The Morgan fingerprint density at radius 3 is 2.72 bits per heavy atom. The maximum Gasteiger partial charge on any atom is 0.208 e. The lowest BCUT2D eigenvalue weighted by molar-refractivity contribution is -0.0247. The third kappa shape index (κ3) is 3.98. The second kappa shape index (κ2) is 8.16. The molecule has 1 N–H and O–H groups in total. The molecule has 8 heteroatoms. The number of likely N-dealkylation sites (tertiary alicyclic amines) is 1. The molecule has 3 aliphatic rings. The molecule has 6 nitrogen and oxygen atoms in total. The van der Waals surface area contributed by atoms with Gasteiger partial charge in [-0.2, -0.15) is 0 Å². The van der Waals surface area contributed by atoms with E-state index in [4.69, 9.17) is 4.74 Å². The summed E-state index contributed by atoms with van der Waals surface area (Å²) in [6.45, 7) is 4.46. The minimum Gasteiger partial charge on any atom is -0.485 e. The van der Waals surface area contributed by atoms with Gasteiger partial charge in [-0.15, -0.1) is 10.2 Å². The first-order valence-corrected chi connectivity index (χ1v) is 11.4. The molecule has 5 rings (SSSR count). The van der Waals surface area contributed by atoms with Crippen LogP contribution in [0.5, 0.6) is 5.75 Å². The van der Waals surface area contributed by atoms with Crippen LogP contribution < -0.4 is 9.64 Å². The van der Waals surface area contributed by atoms with E-state index in [0.717, 1.165) is 37.7 Å². The van der Waals surface area contributed by atoms with Gasteiger partial charge in [0.05, 0.1) is 6.10 Å². The minimum atomic E-state index is -0.577. The van der Waals surface area contributed by atoms with Crippen molar-refractivity contribution in [1.82, 2.24) is 15.1 Å². The van der Waals surface area contributed by atoms with E-state index in [9.17, 15) is 5.11 Å². The van der Waals surface area contributed by atoms with E-state index in [-0.39, 0.29) is 17.7 Å². The Balaban J connectivity index is 1.26. The monoisotopic (exact) mass is 418 g/mol. The van der Waals surface area contributed by atoms with Crippen molar-refractivity contribution in [2.45, 2.75) is 44.4 Å². The second-order valence-corrected chi connectivity index (χ2v) is 9.37. The van der Waals surface area contributed by atoms with Crippen molar-refractivity contribution in [3.05, 3.63) is 35.1 Å². The predicted molar refractivity (Wildman–Crippen MR) is 110 cm³/mol. The number of benzene rings is 1. The molecule has 1 aliphatic carbocycles. The molecule has 156 valence electrons. The Morgan fingerprint density at radius 2 is 1.97 bits per heavy atom. The molecule has 4 atom stereocenters. The Morgan fingerprint density at radius 1 is 1.17 bits per heavy atom. The van der Waals surface area contributed by atoms with Gasteiger partial charge in [-0.1, -0.05) is 23.5 Å². The van der Waals surface area contributed by atoms with Crippen molar-refractivity contribution in [2.24, 2.45) is 11.8 Å². The average molecular weight is 419 g/mol. The van der Waals surface area contributed by atoms with Gasteiger partial charge in [-0.05, 0) is 56.7 Å². The molecule has 2 aliphatic heterocycles. The van der Waals surface area contributed by atoms with Crippen molar-refractivity contribution in [3.63, 3.8) is 0 Å².